The van der Waals surface area contributed by atoms with E-state index < -0.39 is 10.8 Å². The normalized spacial score (nSPS) is 11.4. The maximum atomic E-state index is 12.8. The van der Waals surface area contributed by atoms with Crippen molar-refractivity contribution in [3.8, 4) is 11.5 Å². The van der Waals surface area contributed by atoms with Crippen LogP contribution in [0, 0.1) is 10.1 Å². The molecule has 0 aliphatic heterocycles. The van der Waals surface area contributed by atoms with Gasteiger partial charge in [0.2, 0.25) is 5.89 Å². The summed E-state index contributed by atoms with van der Waals surface area (Å²) < 4.78 is 16.3. The molecule has 1 amide bonds. The van der Waals surface area contributed by atoms with Crippen LogP contribution >= 0.6 is 0 Å². The van der Waals surface area contributed by atoms with Crippen molar-refractivity contribution in [3.63, 3.8) is 0 Å². The number of methoxy groups -OCH3 is 1. The lowest BCUT2D eigenvalue weighted by molar-refractivity contribution is -0.385. The molecule has 1 N–H and O–H groups in total. The zero-order valence-corrected chi connectivity index (χ0v) is 17.4. The maximum Gasteiger partial charge on any atom is 0.286 e. The monoisotopic (exact) mass is 413 g/mol. The molecule has 0 atom stereocenters. The molecule has 0 saturated carbocycles. The average molecular weight is 413 g/mol. The van der Waals surface area contributed by atoms with Gasteiger partial charge in [0.1, 0.15) is 11.1 Å². The third-order valence-electron chi connectivity index (χ3n) is 4.31. The van der Waals surface area contributed by atoms with E-state index in [0.29, 0.717) is 29.3 Å². The number of hydrogen-bond donors (Lipinski definition) is 1. The number of carbonyl (C=O) groups excluding carboxylic acids is 1. The Bertz CT molecular complexity index is 1110. The molecule has 30 heavy (non-hydrogen) atoms. The molecule has 3 aromatic rings. The van der Waals surface area contributed by atoms with Crippen molar-refractivity contribution >= 4 is 28.4 Å². The second-order valence-corrected chi connectivity index (χ2v) is 7.62. The van der Waals surface area contributed by atoms with Gasteiger partial charge in [0.15, 0.2) is 17.1 Å². The second kappa shape index (κ2) is 8.02. The Balaban J connectivity index is 1.96. The van der Waals surface area contributed by atoms with E-state index in [9.17, 15) is 14.9 Å². The summed E-state index contributed by atoms with van der Waals surface area (Å²) in [4.78, 5) is 28.2. The van der Waals surface area contributed by atoms with Crippen LogP contribution in [0.3, 0.4) is 0 Å². The number of benzene rings is 2. The Hall–Kier alpha value is -3.62. The number of nitrogens with one attached hydrogen (secondary N) is 1. The fraction of sp³-hybridized carbons (Fsp3) is 0.333. The highest BCUT2D eigenvalue weighted by molar-refractivity contribution is 6.08. The fourth-order valence-electron chi connectivity index (χ4n) is 2.83. The van der Waals surface area contributed by atoms with Crippen LogP contribution in [0.25, 0.3) is 11.1 Å². The molecule has 0 fully saturated rings. The van der Waals surface area contributed by atoms with Gasteiger partial charge in [-0.2, -0.15) is 0 Å². The van der Waals surface area contributed by atoms with Gasteiger partial charge in [0.25, 0.3) is 11.6 Å². The van der Waals surface area contributed by atoms with Crippen LogP contribution in [-0.2, 0) is 5.41 Å². The molecule has 9 heteroatoms. The second-order valence-electron chi connectivity index (χ2n) is 7.62. The van der Waals surface area contributed by atoms with Crippen molar-refractivity contribution in [1.29, 1.82) is 0 Å². The molecule has 9 nitrogen and oxygen atoms in total. The summed E-state index contributed by atoms with van der Waals surface area (Å²) >= 11 is 0. The van der Waals surface area contributed by atoms with E-state index in [1.54, 1.807) is 25.1 Å². The van der Waals surface area contributed by atoms with E-state index in [4.69, 9.17) is 13.9 Å². The van der Waals surface area contributed by atoms with Gasteiger partial charge in [-0.1, -0.05) is 20.8 Å². The van der Waals surface area contributed by atoms with Crippen molar-refractivity contribution in [2.24, 2.45) is 0 Å². The Kier molecular flexibility index (Phi) is 5.64. The van der Waals surface area contributed by atoms with Gasteiger partial charge in [-0.05, 0) is 25.1 Å². The average Bonchev–Trinajstić information content (AvgIpc) is 3.11. The molecule has 0 unspecified atom stereocenters. The SMILES string of the molecule is CCOc1cc([N+](=O)[O-])c(C(=O)Nc2ccc3oc(C(C)(C)C)nc3c2)cc1OC. The predicted octanol–water partition coefficient (Wildman–Crippen LogP) is 4.69. The number of nitrogens with zero attached hydrogens (tertiary/aromatic N) is 2. The number of nitro groups is 1. The number of rotatable bonds is 6. The van der Waals surface area contributed by atoms with Gasteiger partial charge >= 0.3 is 0 Å². The first-order valence-electron chi connectivity index (χ1n) is 9.35. The van der Waals surface area contributed by atoms with Crippen LogP contribution in [0.1, 0.15) is 43.9 Å². The molecule has 0 bridgehead atoms. The number of carbonyl (C=O) groups is 1. The number of aromatic nitrogens is 1. The van der Waals surface area contributed by atoms with Crippen molar-refractivity contribution in [2.75, 3.05) is 19.0 Å². The van der Waals surface area contributed by atoms with Crippen molar-refractivity contribution in [3.05, 3.63) is 51.9 Å². The van der Waals surface area contributed by atoms with Crippen LogP contribution in [0.5, 0.6) is 11.5 Å². The van der Waals surface area contributed by atoms with E-state index in [2.05, 4.69) is 10.3 Å². The van der Waals surface area contributed by atoms with Crippen LogP contribution in [0.4, 0.5) is 11.4 Å². The van der Waals surface area contributed by atoms with Gasteiger partial charge in [0.05, 0.1) is 24.7 Å². The summed E-state index contributed by atoms with van der Waals surface area (Å²) in [6, 6.07) is 7.48. The highest BCUT2D eigenvalue weighted by atomic mass is 16.6. The van der Waals surface area contributed by atoms with Gasteiger partial charge in [0, 0.05) is 17.2 Å². The minimum Gasteiger partial charge on any atom is -0.493 e. The molecule has 0 aliphatic rings. The molecule has 158 valence electrons. The Morgan fingerprint density at radius 3 is 2.57 bits per heavy atom. The fourth-order valence-corrected chi connectivity index (χ4v) is 2.83. The molecule has 1 heterocycles. The first-order valence-corrected chi connectivity index (χ1v) is 9.35. The van der Waals surface area contributed by atoms with Gasteiger partial charge < -0.3 is 19.2 Å². The van der Waals surface area contributed by atoms with E-state index >= 15 is 0 Å². The minimum absolute atomic E-state index is 0.143. The van der Waals surface area contributed by atoms with E-state index in [1.807, 2.05) is 20.8 Å². The summed E-state index contributed by atoms with van der Waals surface area (Å²) in [6.45, 7) is 8.00. The van der Waals surface area contributed by atoms with Crippen LogP contribution in [-0.4, -0.2) is 29.5 Å². The maximum absolute atomic E-state index is 12.8. The highest BCUT2D eigenvalue weighted by Gasteiger charge is 2.25. The van der Waals surface area contributed by atoms with Crippen LogP contribution in [0.2, 0.25) is 0 Å². The van der Waals surface area contributed by atoms with E-state index in [-0.39, 0.29) is 28.2 Å². The van der Waals surface area contributed by atoms with Crippen LogP contribution < -0.4 is 14.8 Å². The number of anilines is 1. The first kappa shape index (κ1) is 21.1. The topological polar surface area (TPSA) is 117 Å². The van der Waals surface area contributed by atoms with Gasteiger partial charge in [-0.25, -0.2) is 4.98 Å². The third-order valence-corrected chi connectivity index (χ3v) is 4.31. The largest absolute Gasteiger partial charge is 0.493 e. The molecule has 0 saturated heterocycles. The lowest BCUT2D eigenvalue weighted by Gasteiger charge is -2.12. The molecule has 0 aliphatic carbocycles. The first-order chi connectivity index (χ1) is 14.1. The number of oxazole rings is 1. The molecule has 0 radical (unpaired) electrons. The number of amides is 1. The number of fused-ring (bicyclic) bond motifs is 1. The van der Waals surface area contributed by atoms with Gasteiger partial charge in [-0.3, -0.25) is 14.9 Å². The van der Waals surface area contributed by atoms with Gasteiger partial charge in [-0.15, -0.1) is 0 Å². The lowest BCUT2D eigenvalue weighted by atomic mass is 9.97. The molecule has 2 aromatic carbocycles. The quantitative estimate of drug-likeness (QED) is 0.460. The molecular weight excluding hydrogens is 390 g/mol. The number of nitro benzene ring substituents is 1. The lowest BCUT2D eigenvalue weighted by Crippen LogP contribution is -2.14. The summed E-state index contributed by atoms with van der Waals surface area (Å²) in [5.74, 6) is 0.353. The standard InChI is InChI=1S/C21H23N3O6/c1-6-29-18-11-15(24(26)27)13(10-17(18)28-5)19(25)22-12-7-8-16-14(9-12)23-20(30-16)21(2,3)4/h7-11H,6H2,1-5H3,(H,22,25). The molecule has 1 aromatic heterocycles. The van der Waals surface area contributed by atoms with E-state index in [1.165, 1.54) is 19.2 Å². The Labute approximate surface area is 173 Å². The Morgan fingerprint density at radius 1 is 1.23 bits per heavy atom. The Morgan fingerprint density at radius 2 is 1.97 bits per heavy atom. The number of hydrogen-bond acceptors (Lipinski definition) is 7. The van der Waals surface area contributed by atoms with Crippen LogP contribution in [0.15, 0.2) is 34.7 Å². The van der Waals surface area contributed by atoms with Crippen molar-refractivity contribution in [1.82, 2.24) is 4.98 Å². The van der Waals surface area contributed by atoms with Crippen molar-refractivity contribution < 1.29 is 23.6 Å². The summed E-state index contributed by atoms with van der Waals surface area (Å²) in [5, 5.41) is 14.2. The minimum atomic E-state index is -0.651. The smallest absolute Gasteiger partial charge is 0.286 e. The molecule has 0 spiro atoms. The molecular formula is C21H23N3O6. The van der Waals surface area contributed by atoms with Crippen molar-refractivity contribution in [2.45, 2.75) is 33.1 Å². The summed E-state index contributed by atoms with van der Waals surface area (Å²) in [7, 11) is 1.40. The number of ether oxygens (including phenoxy) is 2. The zero-order valence-electron chi connectivity index (χ0n) is 17.4. The zero-order chi connectivity index (χ0) is 22.1. The highest BCUT2D eigenvalue weighted by Crippen LogP contribution is 2.35. The summed E-state index contributed by atoms with van der Waals surface area (Å²) in [6.07, 6.45) is 0. The third kappa shape index (κ3) is 4.19. The molecule has 3 rings (SSSR count). The summed E-state index contributed by atoms with van der Waals surface area (Å²) in [5.41, 5.74) is 0.818. The predicted molar refractivity (Wildman–Crippen MR) is 111 cm³/mol. The van der Waals surface area contributed by atoms with E-state index in [0.717, 1.165) is 0 Å².